The van der Waals surface area contributed by atoms with Crippen LogP contribution in [0.3, 0.4) is 0 Å². The molecule has 1 amide bonds. The first kappa shape index (κ1) is 17.9. The van der Waals surface area contributed by atoms with Crippen LogP contribution >= 0.6 is 11.6 Å². The van der Waals surface area contributed by atoms with Crippen molar-refractivity contribution in [3.05, 3.63) is 74.8 Å². The first-order valence-corrected chi connectivity index (χ1v) is 7.71. The minimum Gasteiger partial charge on any atom is -0.350 e. The van der Waals surface area contributed by atoms with E-state index in [2.05, 4.69) is 5.32 Å². The van der Waals surface area contributed by atoms with E-state index in [0.29, 0.717) is 6.54 Å². The van der Waals surface area contributed by atoms with Crippen LogP contribution in [0, 0.1) is 10.1 Å². The smallest absolute Gasteiger partial charge is 0.270 e. The van der Waals surface area contributed by atoms with Crippen LogP contribution in [0.15, 0.2) is 48.5 Å². The molecular weight excluding hydrogens is 330 g/mol. The maximum atomic E-state index is 12.4. The van der Waals surface area contributed by atoms with Gasteiger partial charge in [0.15, 0.2) is 0 Å². The largest absolute Gasteiger partial charge is 0.350 e. The number of halogens is 1. The van der Waals surface area contributed by atoms with Crippen LogP contribution in [0.25, 0.3) is 0 Å². The monoisotopic (exact) mass is 347 g/mol. The molecule has 0 fully saturated rings. The Balaban J connectivity index is 2.14. The van der Waals surface area contributed by atoms with Crippen LogP contribution in [0.4, 0.5) is 5.69 Å². The molecule has 1 atom stereocenters. The van der Waals surface area contributed by atoms with Gasteiger partial charge in [-0.3, -0.25) is 14.9 Å². The molecule has 2 aromatic carbocycles. The number of amides is 1. The molecule has 24 heavy (non-hydrogen) atoms. The van der Waals surface area contributed by atoms with Crippen molar-refractivity contribution in [1.82, 2.24) is 10.2 Å². The third kappa shape index (κ3) is 4.31. The molecule has 0 saturated heterocycles. The molecule has 0 radical (unpaired) electrons. The molecule has 6 nitrogen and oxygen atoms in total. The minimum atomic E-state index is -0.556. The van der Waals surface area contributed by atoms with Crippen LogP contribution in [0.2, 0.25) is 5.02 Å². The number of nitrogens with zero attached hydrogens (tertiary/aromatic N) is 2. The highest BCUT2D eigenvalue weighted by Gasteiger charge is 2.19. The van der Waals surface area contributed by atoms with Crippen molar-refractivity contribution in [2.75, 3.05) is 20.6 Å². The summed E-state index contributed by atoms with van der Waals surface area (Å²) in [4.78, 5) is 24.6. The van der Waals surface area contributed by atoms with Gasteiger partial charge in [0.2, 0.25) is 0 Å². The van der Waals surface area contributed by atoms with Gasteiger partial charge in [-0.15, -0.1) is 0 Å². The Hall–Kier alpha value is -2.44. The second-order valence-corrected chi connectivity index (χ2v) is 5.93. The van der Waals surface area contributed by atoms with E-state index >= 15 is 0 Å². The van der Waals surface area contributed by atoms with Gasteiger partial charge < -0.3 is 10.2 Å². The number of nitro groups is 1. The summed E-state index contributed by atoms with van der Waals surface area (Å²) < 4.78 is 0. The van der Waals surface area contributed by atoms with E-state index in [1.807, 2.05) is 49.3 Å². The maximum absolute atomic E-state index is 12.4. The number of rotatable bonds is 6. The van der Waals surface area contributed by atoms with Gasteiger partial charge in [0, 0.05) is 18.7 Å². The van der Waals surface area contributed by atoms with Crippen LogP contribution in [0.1, 0.15) is 22.0 Å². The number of benzene rings is 2. The lowest BCUT2D eigenvalue weighted by Gasteiger charge is -2.25. The number of nitro benzene ring substituents is 1. The molecule has 126 valence electrons. The van der Waals surface area contributed by atoms with Gasteiger partial charge in [0.05, 0.1) is 21.6 Å². The van der Waals surface area contributed by atoms with Crippen molar-refractivity contribution in [2.24, 2.45) is 0 Å². The highest BCUT2D eigenvalue weighted by molar-refractivity contribution is 6.33. The molecular formula is C17H18ClN3O3. The fourth-order valence-electron chi connectivity index (χ4n) is 2.36. The zero-order valence-electron chi connectivity index (χ0n) is 13.4. The summed E-state index contributed by atoms with van der Waals surface area (Å²) in [5.74, 6) is -0.438. The Kier molecular flexibility index (Phi) is 5.89. The average molecular weight is 348 g/mol. The summed E-state index contributed by atoms with van der Waals surface area (Å²) in [5, 5.41) is 13.8. The van der Waals surface area contributed by atoms with Crippen molar-refractivity contribution in [3.63, 3.8) is 0 Å². The van der Waals surface area contributed by atoms with E-state index in [0.717, 1.165) is 5.56 Å². The highest BCUT2D eigenvalue weighted by atomic mass is 35.5. The Labute approximate surface area is 145 Å². The molecule has 0 aliphatic carbocycles. The Morgan fingerprint density at radius 3 is 2.50 bits per heavy atom. The lowest BCUT2D eigenvalue weighted by Crippen LogP contribution is -2.34. The van der Waals surface area contributed by atoms with Gasteiger partial charge in [-0.25, -0.2) is 0 Å². The number of nitrogens with one attached hydrogen (secondary N) is 1. The number of hydrogen-bond acceptors (Lipinski definition) is 4. The summed E-state index contributed by atoms with van der Waals surface area (Å²) in [5.41, 5.74) is 0.987. The number of carbonyl (C=O) groups is 1. The van der Waals surface area contributed by atoms with Crippen molar-refractivity contribution in [1.29, 1.82) is 0 Å². The molecule has 0 heterocycles. The second kappa shape index (κ2) is 7.90. The summed E-state index contributed by atoms with van der Waals surface area (Å²) in [6.07, 6.45) is 0. The molecule has 1 N–H and O–H groups in total. The lowest BCUT2D eigenvalue weighted by atomic mass is 10.1. The number of likely N-dealkylation sites (N-methyl/N-ethyl adjacent to an activating group) is 1. The highest BCUT2D eigenvalue weighted by Crippen LogP contribution is 2.22. The van der Waals surface area contributed by atoms with E-state index in [1.165, 1.54) is 18.2 Å². The fraction of sp³-hybridized carbons (Fsp3) is 0.235. The maximum Gasteiger partial charge on any atom is 0.270 e. The zero-order valence-corrected chi connectivity index (χ0v) is 14.2. The Bertz CT molecular complexity index is 735. The van der Waals surface area contributed by atoms with Crippen LogP contribution < -0.4 is 5.32 Å². The van der Waals surface area contributed by atoms with Gasteiger partial charge in [-0.05, 0) is 25.7 Å². The third-order valence-corrected chi connectivity index (χ3v) is 4.00. The van der Waals surface area contributed by atoms with Gasteiger partial charge in [0.25, 0.3) is 11.6 Å². The normalized spacial score (nSPS) is 12.0. The van der Waals surface area contributed by atoms with Crippen LogP contribution in [0.5, 0.6) is 0 Å². The molecule has 2 aromatic rings. The van der Waals surface area contributed by atoms with E-state index in [1.54, 1.807) is 0 Å². The topological polar surface area (TPSA) is 75.5 Å². The van der Waals surface area contributed by atoms with E-state index in [9.17, 15) is 14.9 Å². The summed E-state index contributed by atoms with van der Waals surface area (Å²) in [6.45, 7) is 0.356. The molecule has 1 unspecified atom stereocenters. The standard InChI is InChI=1S/C17H18ClN3O3/c1-20(2)16(12-6-4-3-5-7-12)11-19-17(22)14-10-13(21(23)24)8-9-15(14)18/h3-10,16H,11H2,1-2H3,(H,19,22). The Morgan fingerprint density at radius 1 is 1.25 bits per heavy atom. The second-order valence-electron chi connectivity index (χ2n) is 5.52. The average Bonchev–Trinajstić information content (AvgIpc) is 2.55. The molecule has 0 aliphatic heterocycles. The van der Waals surface area contributed by atoms with E-state index in [4.69, 9.17) is 11.6 Å². The summed E-state index contributed by atoms with van der Waals surface area (Å²) >= 11 is 6.00. The van der Waals surface area contributed by atoms with Gasteiger partial charge >= 0.3 is 0 Å². The van der Waals surface area contributed by atoms with Crippen molar-refractivity contribution in [2.45, 2.75) is 6.04 Å². The Morgan fingerprint density at radius 2 is 1.92 bits per heavy atom. The van der Waals surface area contributed by atoms with Gasteiger partial charge in [-0.1, -0.05) is 41.9 Å². The molecule has 0 saturated carbocycles. The summed E-state index contributed by atoms with van der Waals surface area (Å²) in [7, 11) is 3.84. The number of hydrogen-bond donors (Lipinski definition) is 1. The molecule has 0 aliphatic rings. The summed E-state index contributed by atoms with van der Waals surface area (Å²) in [6, 6.07) is 13.6. The van der Waals surface area contributed by atoms with Crippen molar-refractivity contribution < 1.29 is 9.72 Å². The van der Waals surface area contributed by atoms with Crippen molar-refractivity contribution in [3.8, 4) is 0 Å². The van der Waals surface area contributed by atoms with E-state index < -0.39 is 10.8 Å². The third-order valence-electron chi connectivity index (χ3n) is 3.67. The number of non-ortho nitro benzene ring substituents is 1. The minimum absolute atomic E-state index is 0.0207. The number of carbonyl (C=O) groups excluding carboxylic acids is 1. The fourth-order valence-corrected chi connectivity index (χ4v) is 2.56. The lowest BCUT2D eigenvalue weighted by molar-refractivity contribution is -0.384. The first-order valence-electron chi connectivity index (χ1n) is 7.33. The molecule has 0 aromatic heterocycles. The molecule has 7 heteroatoms. The van der Waals surface area contributed by atoms with Crippen LogP contribution in [-0.2, 0) is 0 Å². The van der Waals surface area contributed by atoms with Crippen LogP contribution in [-0.4, -0.2) is 36.4 Å². The predicted octanol–water partition coefficient (Wildman–Crippen LogP) is 3.28. The quantitative estimate of drug-likeness (QED) is 0.642. The predicted molar refractivity (Wildman–Crippen MR) is 93.3 cm³/mol. The SMILES string of the molecule is CN(C)C(CNC(=O)c1cc([N+](=O)[O-])ccc1Cl)c1ccccc1. The molecule has 0 spiro atoms. The zero-order chi connectivity index (χ0) is 17.7. The molecule has 2 rings (SSSR count). The van der Waals surface area contributed by atoms with Gasteiger partial charge in [0.1, 0.15) is 0 Å². The van der Waals surface area contributed by atoms with Gasteiger partial charge in [-0.2, -0.15) is 0 Å². The van der Waals surface area contributed by atoms with E-state index in [-0.39, 0.29) is 22.3 Å². The molecule has 0 bridgehead atoms. The first-order chi connectivity index (χ1) is 11.4. The van der Waals surface area contributed by atoms with Crippen molar-refractivity contribution >= 4 is 23.2 Å².